The number of pyridine rings is 1. The van der Waals surface area contributed by atoms with Gasteiger partial charge in [-0.15, -0.1) is 11.8 Å². The van der Waals surface area contributed by atoms with Crippen molar-refractivity contribution in [3.05, 3.63) is 17.8 Å². The zero-order chi connectivity index (χ0) is 20.6. The number of rotatable bonds is 3. The highest BCUT2D eigenvalue weighted by Gasteiger charge is 2.19. The number of nitrogens with one attached hydrogen (secondary N) is 3. The molecule has 0 radical (unpaired) electrons. The van der Waals surface area contributed by atoms with Crippen LogP contribution < -0.4 is 16.0 Å². The van der Waals surface area contributed by atoms with Crippen LogP contribution in [0.5, 0.6) is 0 Å². The van der Waals surface area contributed by atoms with Crippen LogP contribution in [0.1, 0.15) is 31.3 Å². The van der Waals surface area contributed by atoms with E-state index < -0.39 is 11.7 Å². The lowest BCUT2D eigenvalue weighted by Crippen LogP contribution is -2.46. The molecule has 1 atom stereocenters. The van der Waals surface area contributed by atoms with Crippen molar-refractivity contribution in [2.75, 3.05) is 37.3 Å². The second-order valence-corrected chi connectivity index (χ2v) is 8.13. The molecule has 1 aromatic heterocycles. The first-order chi connectivity index (χ1) is 13.3. The second-order valence-electron chi connectivity index (χ2n) is 7.12. The first kappa shape index (κ1) is 22.1. The summed E-state index contributed by atoms with van der Waals surface area (Å²) in [5.74, 6) is 0.827. The fourth-order valence-corrected chi connectivity index (χ4v) is 3.06. The van der Waals surface area contributed by atoms with Gasteiger partial charge in [0.2, 0.25) is 5.91 Å². The van der Waals surface area contributed by atoms with Crippen molar-refractivity contribution >= 4 is 35.9 Å². The number of hydrogen-bond donors (Lipinski definition) is 3. The van der Waals surface area contributed by atoms with E-state index in [-0.39, 0.29) is 12.0 Å². The van der Waals surface area contributed by atoms with E-state index in [1.165, 1.54) is 11.8 Å². The predicted octanol–water partition coefficient (Wildman–Crippen LogP) is 1.44. The number of nitrogens with zero attached hydrogens (tertiary/aromatic N) is 1. The molecule has 0 saturated carbocycles. The maximum Gasteiger partial charge on any atom is 0.407 e. The fraction of sp³-hybridized carbons (Fsp3) is 0.556. The quantitative estimate of drug-likeness (QED) is 0.641. The van der Waals surface area contributed by atoms with Crippen molar-refractivity contribution in [2.24, 2.45) is 0 Å². The number of carbonyl (C=O) groups is 3. The molecule has 0 aromatic carbocycles. The second kappa shape index (κ2) is 10.4. The van der Waals surface area contributed by atoms with Gasteiger partial charge in [0.05, 0.1) is 23.4 Å². The molecule has 3 rings (SSSR count). The maximum absolute atomic E-state index is 11.3. The van der Waals surface area contributed by atoms with Crippen LogP contribution in [-0.2, 0) is 14.3 Å². The Morgan fingerprint density at radius 3 is 2.89 bits per heavy atom. The minimum absolute atomic E-state index is 0.0475. The van der Waals surface area contributed by atoms with Gasteiger partial charge in [-0.3, -0.25) is 9.59 Å². The normalized spacial score (nSPS) is 18.7. The Bertz CT molecular complexity index is 702. The van der Waals surface area contributed by atoms with Crippen LogP contribution in [-0.4, -0.2) is 67.0 Å². The molecule has 1 saturated heterocycles. The first-order valence-corrected chi connectivity index (χ1v) is 9.93. The Balaban J connectivity index is 0.000000202. The molecule has 2 aliphatic heterocycles. The molecule has 0 bridgehead atoms. The average Bonchev–Trinajstić information content (AvgIpc) is 2.66. The van der Waals surface area contributed by atoms with Crippen LogP contribution in [0.25, 0.3) is 0 Å². The number of hydrogen-bond acceptors (Lipinski definition) is 8. The average molecular weight is 410 g/mol. The monoisotopic (exact) mass is 410 g/mol. The van der Waals surface area contributed by atoms with Crippen molar-refractivity contribution < 1.29 is 23.9 Å². The largest absolute Gasteiger partial charge is 0.444 e. The number of amides is 2. The van der Waals surface area contributed by atoms with Gasteiger partial charge in [0.15, 0.2) is 6.29 Å². The van der Waals surface area contributed by atoms with Crippen molar-refractivity contribution in [3.63, 3.8) is 0 Å². The molecular formula is C18H26N4O5S. The van der Waals surface area contributed by atoms with E-state index in [0.717, 1.165) is 18.0 Å². The summed E-state index contributed by atoms with van der Waals surface area (Å²) in [7, 11) is 0. The van der Waals surface area contributed by atoms with Crippen LogP contribution in [0.3, 0.4) is 0 Å². The standard InChI is InChI=1S/C10H20N2O3.C8H6N2O2S/c1-10(2,3)15-9(13)12-7-8-6-11-4-5-14-8;11-3-5-1-2-6-8(9-5)10-7(12)4-13-6/h8,11H,4-7H2,1-3H3,(H,12,13);1-3H,4H2,(H,9,10,12)/t8-;/m0./s1. The van der Waals surface area contributed by atoms with Gasteiger partial charge in [-0.05, 0) is 32.9 Å². The minimum atomic E-state index is -0.449. The van der Waals surface area contributed by atoms with Gasteiger partial charge in [0, 0.05) is 19.6 Å². The van der Waals surface area contributed by atoms with E-state index in [1.54, 1.807) is 12.1 Å². The molecule has 10 heteroatoms. The van der Waals surface area contributed by atoms with Crippen LogP contribution >= 0.6 is 11.8 Å². The van der Waals surface area contributed by atoms with E-state index in [9.17, 15) is 14.4 Å². The van der Waals surface area contributed by atoms with Gasteiger partial charge < -0.3 is 25.4 Å². The zero-order valence-corrected chi connectivity index (χ0v) is 17.1. The van der Waals surface area contributed by atoms with Crippen molar-refractivity contribution in [3.8, 4) is 0 Å². The van der Waals surface area contributed by atoms with Crippen LogP contribution in [0, 0.1) is 0 Å². The molecule has 0 spiro atoms. The third-order valence-corrected chi connectivity index (χ3v) is 4.54. The molecule has 0 aliphatic carbocycles. The Morgan fingerprint density at radius 1 is 1.46 bits per heavy atom. The number of ether oxygens (including phenoxy) is 2. The van der Waals surface area contributed by atoms with E-state index in [0.29, 0.717) is 36.7 Å². The van der Waals surface area contributed by atoms with Crippen molar-refractivity contribution in [1.29, 1.82) is 0 Å². The highest BCUT2D eigenvalue weighted by Crippen LogP contribution is 2.29. The first-order valence-electron chi connectivity index (χ1n) is 8.95. The van der Waals surface area contributed by atoms with Gasteiger partial charge in [0.25, 0.3) is 0 Å². The van der Waals surface area contributed by atoms with E-state index in [2.05, 4.69) is 20.9 Å². The third-order valence-electron chi connectivity index (χ3n) is 3.49. The zero-order valence-electron chi connectivity index (χ0n) is 16.2. The third kappa shape index (κ3) is 7.83. The van der Waals surface area contributed by atoms with Crippen molar-refractivity contribution in [1.82, 2.24) is 15.6 Å². The Kier molecular flexibility index (Phi) is 8.21. The molecule has 1 aromatic rings. The molecule has 0 unspecified atom stereocenters. The van der Waals surface area contributed by atoms with Crippen LogP contribution in [0.4, 0.5) is 10.6 Å². The van der Waals surface area contributed by atoms with Gasteiger partial charge in [0.1, 0.15) is 17.1 Å². The number of aromatic nitrogens is 1. The summed E-state index contributed by atoms with van der Waals surface area (Å²) < 4.78 is 10.5. The summed E-state index contributed by atoms with van der Waals surface area (Å²) in [5.41, 5.74) is -0.114. The van der Waals surface area contributed by atoms with E-state index in [1.807, 2.05) is 20.8 Å². The van der Waals surface area contributed by atoms with Gasteiger partial charge in [-0.2, -0.15) is 0 Å². The lowest BCUT2D eigenvalue weighted by atomic mass is 10.2. The number of carbonyl (C=O) groups excluding carboxylic acids is 3. The van der Waals surface area contributed by atoms with E-state index >= 15 is 0 Å². The topological polar surface area (TPSA) is 119 Å². The SMILES string of the molecule is CC(C)(C)OC(=O)NC[C@@H]1CNCCO1.O=Cc1ccc2c(n1)NC(=O)CS2. The highest BCUT2D eigenvalue weighted by atomic mass is 32.2. The summed E-state index contributed by atoms with van der Waals surface area (Å²) in [6, 6.07) is 3.42. The molecule has 154 valence electrons. The number of morpholine rings is 1. The maximum atomic E-state index is 11.3. The number of alkyl carbamates (subject to hydrolysis) is 1. The lowest BCUT2D eigenvalue weighted by Gasteiger charge is -2.25. The number of anilines is 1. The minimum Gasteiger partial charge on any atom is -0.444 e. The van der Waals surface area contributed by atoms with E-state index in [4.69, 9.17) is 9.47 Å². The summed E-state index contributed by atoms with van der Waals surface area (Å²) in [5, 5.41) is 8.48. The molecule has 2 aliphatic rings. The molecule has 3 N–H and O–H groups in total. The Morgan fingerprint density at radius 2 is 2.25 bits per heavy atom. The Labute approximate surface area is 168 Å². The van der Waals surface area contributed by atoms with Gasteiger partial charge in [-0.25, -0.2) is 9.78 Å². The smallest absolute Gasteiger partial charge is 0.407 e. The summed E-state index contributed by atoms with van der Waals surface area (Å²) >= 11 is 1.43. The van der Waals surface area contributed by atoms with Crippen LogP contribution in [0.2, 0.25) is 0 Å². The Hall–Kier alpha value is -2.17. The van der Waals surface area contributed by atoms with Gasteiger partial charge >= 0.3 is 6.09 Å². The molecule has 9 nitrogen and oxygen atoms in total. The van der Waals surface area contributed by atoms with Crippen LogP contribution in [0.15, 0.2) is 17.0 Å². The highest BCUT2D eigenvalue weighted by molar-refractivity contribution is 8.00. The summed E-state index contributed by atoms with van der Waals surface area (Å²) in [4.78, 5) is 37.5. The number of fused-ring (bicyclic) bond motifs is 1. The lowest BCUT2D eigenvalue weighted by molar-refractivity contribution is -0.113. The molecule has 1 fully saturated rings. The van der Waals surface area contributed by atoms with Crippen molar-refractivity contribution in [2.45, 2.75) is 37.4 Å². The number of aldehydes is 1. The molecule has 28 heavy (non-hydrogen) atoms. The fourth-order valence-electron chi connectivity index (χ4n) is 2.31. The molecule has 3 heterocycles. The molecular weight excluding hydrogens is 384 g/mol. The number of thioether (sulfide) groups is 1. The summed E-state index contributed by atoms with van der Waals surface area (Å²) in [6.45, 7) is 8.35. The molecule has 2 amide bonds. The van der Waals surface area contributed by atoms with Gasteiger partial charge in [-0.1, -0.05) is 0 Å². The predicted molar refractivity (Wildman–Crippen MR) is 106 cm³/mol. The summed E-state index contributed by atoms with van der Waals surface area (Å²) in [6.07, 6.45) is 0.314.